The van der Waals surface area contributed by atoms with E-state index in [1.807, 2.05) is 30.9 Å². The molecule has 2 rings (SSSR count). The van der Waals surface area contributed by atoms with Gasteiger partial charge < -0.3 is 14.7 Å². The Bertz CT molecular complexity index is 453. The molecule has 4 nitrogen and oxygen atoms in total. The number of hydrogen-bond donors (Lipinski definition) is 1. The van der Waals surface area contributed by atoms with E-state index in [1.54, 1.807) is 19.1 Å². The molecule has 1 amide bonds. The largest absolute Gasteiger partial charge is 0.491 e. The van der Waals surface area contributed by atoms with E-state index in [0.717, 1.165) is 18.7 Å². The van der Waals surface area contributed by atoms with Gasteiger partial charge in [-0.3, -0.25) is 4.79 Å². The van der Waals surface area contributed by atoms with E-state index in [2.05, 4.69) is 0 Å². The number of nitrogens with zero attached hydrogens (tertiary/aromatic N) is 1. The molecule has 1 aliphatic rings. The van der Waals surface area contributed by atoms with Crippen molar-refractivity contribution in [2.75, 3.05) is 13.1 Å². The number of hydrogen-bond acceptors (Lipinski definition) is 3. The van der Waals surface area contributed by atoms with Crippen molar-refractivity contribution in [1.29, 1.82) is 0 Å². The Kier molecular flexibility index (Phi) is 4.65. The highest BCUT2D eigenvalue weighted by molar-refractivity contribution is 5.94. The van der Waals surface area contributed by atoms with Crippen molar-refractivity contribution in [2.24, 2.45) is 5.92 Å². The quantitative estimate of drug-likeness (QED) is 0.919. The Balaban J connectivity index is 1.99. The second-order valence-corrected chi connectivity index (χ2v) is 5.73. The molecule has 1 heterocycles. The zero-order chi connectivity index (χ0) is 14.7. The number of aliphatic hydroxyl groups excluding tert-OH is 1. The van der Waals surface area contributed by atoms with Crippen molar-refractivity contribution in [3.8, 4) is 5.75 Å². The molecule has 0 saturated carbocycles. The summed E-state index contributed by atoms with van der Waals surface area (Å²) in [5, 5.41) is 9.59. The normalized spacial score (nSPS) is 20.2. The Labute approximate surface area is 120 Å². The maximum atomic E-state index is 12.4. The highest BCUT2D eigenvalue weighted by Gasteiger charge is 2.29. The molecule has 1 saturated heterocycles. The van der Waals surface area contributed by atoms with Gasteiger partial charge in [-0.05, 0) is 51.5 Å². The molecule has 0 aliphatic carbocycles. The lowest BCUT2D eigenvalue weighted by Gasteiger charge is -2.18. The summed E-state index contributed by atoms with van der Waals surface area (Å²) in [6.45, 7) is 7.09. The van der Waals surface area contributed by atoms with E-state index < -0.39 is 0 Å². The number of aliphatic hydroxyl groups is 1. The summed E-state index contributed by atoms with van der Waals surface area (Å²) in [4.78, 5) is 14.2. The molecular formula is C16H23NO3. The van der Waals surface area contributed by atoms with Gasteiger partial charge in [0.25, 0.3) is 5.91 Å². The number of amides is 1. The van der Waals surface area contributed by atoms with Crippen LogP contribution >= 0.6 is 0 Å². The van der Waals surface area contributed by atoms with Crippen LogP contribution in [0.1, 0.15) is 37.6 Å². The summed E-state index contributed by atoms with van der Waals surface area (Å²) in [5.74, 6) is 1.01. The molecule has 20 heavy (non-hydrogen) atoms. The number of ether oxygens (including phenoxy) is 1. The standard InChI is InChI=1S/C16H23NO3/c1-11(2)20-15-6-4-13(5-7-15)16(19)17-9-8-14(10-17)12(3)18/h4-7,11-12,14,18H,8-10H2,1-3H3. The van der Waals surface area contributed by atoms with Crippen molar-refractivity contribution in [3.63, 3.8) is 0 Å². The molecule has 0 aromatic heterocycles. The average Bonchev–Trinajstić information content (AvgIpc) is 2.88. The van der Waals surface area contributed by atoms with Crippen molar-refractivity contribution >= 4 is 5.91 Å². The second-order valence-electron chi connectivity index (χ2n) is 5.73. The minimum atomic E-state index is -0.352. The molecule has 0 radical (unpaired) electrons. The van der Waals surface area contributed by atoms with Crippen LogP contribution in [0, 0.1) is 5.92 Å². The van der Waals surface area contributed by atoms with Gasteiger partial charge in [-0.15, -0.1) is 0 Å². The lowest BCUT2D eigenvalue weighted by Crippen LogP contribution is -2.30. The van der Waals surface area contributed by atoms with E-state index in [0.29, 0.717) is 12.1 Å². The van der Waals surface area contributed by atoms with Gasteiger partial charge in [0.2, 0.25) is 0 Å². The van der Waals surface area contributed by atoms with E-state index in [4.69, 9.17) is 4.74 Å². The average molecular weight is 277 g/mol. The summed E-state index contributed by atoms with van der Waals surface area (Å²) in [7, 11) is 0. The Morgan fingerprint density at radius 2 is 1.95 bits per heavy atom. The fourth-order valence-corrected chi connectivity index (χ4v) is 2.50. The molecule has 1 N–H and O–H groups in total. The van der Waals surface area contributed by atoms with Gasteiger partial charge in [-0.2, -0.15) is 0 Å². The first-order valence-corrected chi connectivity index (χ1v) is 7.21. The Morgan fingerprint density at radius 3 is 2.45 bits per heavy atom. The topological polar surface area (TPSA) is 49.8 Å². The molecule has 1 aliphatic heterocycles. The van der Waals surface area contributed by atoms with Crippen molar-refractivity contribution in [3.05, 3.63) is 29.8 Å². The number of carbonyl (C=O) groups is 1. The molecule has 2 atom stereocenters. The molecular weight excluding hydrogens is 254 g/mol. The summed E-state index contributed by atoms with van der Waals surface area (Å²) in [5.41, 5.74) is 0.673. The van der Waals surface area contributed by atoms with Crippen LogP contribution in [-0.2, 0) is 0 Å². The van der Waals surface area contributed by atoms with Crippen molar-refractivity contribution in [2.45, 2.75) is 39.4 Å². The molecule has 110 valence electrons. The number of benzene rings is 1. The third-order valence-corrected chi connectivity index (χ3v) is 3.67. The van der Waals surface area contributed by atoms with E-state index in [9.17, 15) is 9.90 Å². The number of rotatable bonds is 4. The van der Waals surface area contributed by atoms with Gasteiger partial charge >= 0.3 is 0 Å². The Hall–Kier alpha value is -1.55. The summed E-state index contributed by atoms with van der Waals surface area (Å²) >= 11 is 0. The first-order valence-electron chi connectivity index (χ1n) is 7.21. The fraction of sp³-hybridized carbons (Fsp3) is 0.562. The van der Waals surface area contributed by atoms with Crippen LogP contribution < -0.4 is 4.74 Å². The maximum Gasteiger partial charge on any atom is 0.253 e. The lowest BCUT2D eigenvalue weighted by molar-refractivity contribution is 0.0762. The van der Waals surface area contributed by atoms with Gasteiger partial charge in [0.15, 0.2) is 0 Å². The van der Waals surface area contributed by atoms with Crippen LogP contribution in [0.5, 0.6) is 5.75 Å². The molecule has 0 spiro atoms. The zero-order valence-corrected chi connectivity index (χ0v) is 12.4. The maximum absolute atomic E-state index is 12.4. The predicted molar refractivity (Wildman–Crippen MR) is 77.9 cm³/mol. The summed E-state index contributed by atoms with van der Waals surface area (Å²) in [6.07, 6.45) is 0.648. The SMILES string of the molecule is CC(C)Oc1ccc(C(=O)N2CCC(C(C)O)C2)cc1. The van der Waals surface area contributed by atoms with Crippen LogP contribution in [0.2, 0.25) is 0 Å². The monoisotopic (exact) mass is 277 g/mol. The smallest absolute Gasteiger partial charge is 0.253 e. The third kappa shape index (κ3) is 3.51. The second kappa shape index (κ2) is 6.27. The molecule has 1 aromatic carbocycles. The first-order chi connectivity index (χ1) is 9.47. The molecule has 1 aromatic rings. The minimum Gasteiger partial charge on any atom is -0.491 e. The van der Waals surface area contributed by atoms with Gasteiger partial charge in [0.05, 0.1) is 12.2 Å². The molecule has 2 unspecified atom stereocenters. The van der Waals surface area contributed by atoms with Gasteiger partial charge in [-0.25, -0.2) is 0 Å². The third-order valence-electron chi connectivity index (χ3n) is 3.67. The minimum absolute atomic E-state index is 0.0317. The van der Waals surface area contributed by atoms with Crippen LogP contribution in [0.25, 0.3) is 0 Å². The van der Waals surface area contributed by atoms with Crippen molar-refractivity contribution in [1.82, 2.24) is 4.90 Å². The van der Waals surface area contributed by atoms with Gasteiger partial charge in [0, 0.05) is 24.6 Å². The highest BCUT2D eigenvalue weighted by atomic mass is 16.5. The van der Waals surface area contributed by atoms with Crippen molar-refractivity contribution < 1.29 is 14.6 Å². The fourth-order valence-electron chi connectivity index (χ4n) is 2.50. The van der Waals surface area contributed by atoms with Crippen LogP contribution in [-0.4, -0.2) is 41.2 Å². The van der Waals surface area contributed by atoms with Gasteiger partial charge in [0.1, 0.15) is 5.75 Å². The summed E-state index contributed by atoms with van der Waals surface area (Å²) in [6, 6.07) is 7.26. The zero-order valence-electron chi connectivity index (χ0n) is 12.4. The first kappa shape index (κ1) is 14.9. The lowest BCUT2D eigenvalue weighted by atomic mass is 10.0. The predicted octanol–water partition coefficient (Wildman–Crippen LogP) is 2.32. The van der Waals surface area contributed by atoms with Crippen LogP contribution in [0.15, 0.2) is 24.3 Å². The number of likely N-dealkylation sites (tertiary alicyclic amines) is 1. The Morgan fingerprint density at radius 1 is 1.30 bits per heavy atom. The molecule has 0 bridgehead atoms. The van der Waals surface area contributed by atoms with Gasteiger partial charge in [-0.1, -0.05) is 0 Å². The molecule has 4 heteroatoms. The summed E-state index contributed by atoms with van der Waals surface area (Å²) < 4.78 is 5.56. The highest BCUT2D eigenvalue weighted by Crippen LogP contribution is 2.22. The van der Waals surface area contributed by atoms with Crippen LogP contribution in [0.4, 0.5) is 0 Å². The van der Waals surface area contributed by atoms with Crippen LogP contribution in [0.3, 0.4) is 0 Å². The number of carbonyl (C=O) groups excluding carboxylic acids is 1. The molecule has 1 fully saturated rings. The van der Waals surface area contributed by atoms with E-state index in [-0.39, 0.29) is 24.0 Å². The van der Waals surface area contributed by atoms with E-state index in [1.165, 1.54) is 0 Å². The van der Waals surface area contributed by atoms with E-state index >= 15 is 0 Å².